The summed E-state index contributed by atoms with van der Waals surface area (Å²) in [5.74, 6) is 1.77. The number of imidazole rings is 1. The van der Waals surface area contributed by atoms with Crippen LogP contribution in [0.3, 0.4) is 0 Å². The molecule has 1 aromatic heterocycles. The number of carbonyl (C=O) groups is 1. The van der Waals surface area contributed by atoms with Gasteiger partial charge in [-0.25, -0.2) is 4.98 Å². The molecular formula is C18H28ClN3O4. The number of nitrogens with zero attached hydrogens (tertiary/aromatic N) is 2. The summed E-state index contributed by atoms with van der Waals surface area (Å²) >= 11 is 6.32. The minimum absolute atomic E-state index is 0.0183. The first kappa shape index (κ1) is 19.6. The smallest absolute Gasteiger partial charge is 0.290 e. The van der Waals surface area contributed by atoms with Gasteiger partial charge in [-0.3, -0.25) is 9.69 Å². The first-order valence-corrected chi connectivity index (χ1v) is 9.76. The monoisotopic (exact) mass is 385 g/mol. The van der Waals surface area contributed by atoms with Crippen molar-refractivity contribution in [3.8, 4) is 0 Å². The summed E-state index contributed by atoms with van der Waals surface area (Å²) in [7, 11) is 0. The fourth-order valence-corrected chi connectivity index (χ4v) is 5.09. The number of aliphatic hydroxyl groups is 1. The Hall–Kier alpha value is -1.15. The van der Waals surface area contributed by atoms with Crippen molar-refractivity contribution >= 4 is 18.1 Å². The molecule has 0 radical (unpaired) electrons. The van der Waals surface area contributed by atoms with E-state index in [9.17, 15) is 5.11 Å². The molecule has 3 saturated heterocycles. The van der Waals surface area contributed by atoms with E-state index in [1.807, 2.05) is 0 Å². The highest BCUT2D eigenvalue weighted by Gasteiger charge is 2.62. The molecule has 0 saturated carbocycles. The van der Waals surface area contributed by atoms with E-state index in [0.717, 1.165) is 63.3 Å². The highest BCUT2D eigenvalue weighted by atomic mass is 35.5. The quantitative estimate of drug-likeness (QED) is 0.648. The van der Waals surface area contributed by atoms with Gasteiger partial charge in [0.15, 0.2) is 5.15 Å². The van der Waals surface area contributed by atoms with Crippen LogP contribution in [-0.4, -0.2) is 63.0 Å². The van der Waals surface area contributed by atoms with Crippen LogP contribution in [0.4, 0.5) is 0 Å². The molecule has 1 aromatic rings. The number of hydrogen-bond acceptors (Lipinski definition) is 5. The largest absolute Gasteiger partial charge is 0.483 e. The van der Waals surface area contributed by atoms with E-state index in [2.05, 4.69) is 21.8 Å². The van der Waals surface area contributed by atoms with E-state index in [1.54, 1.807) is 0 Å². The molecule has 0 amide bonds. The molecule has 4 heterocycles. The maximum atomic E-state index is 9.70. The highest BCUT2D eigenvalue weighted by molar-refractivity contribution is 6.30. The van der Waals surface area contributed by atoms with Crippen molar-refractivity contribution in [2.24, 2.45) is 11.8 Å². The van der Waals surface area contributed by atoms with E-state index in [-0.39, 0.29) is 24.8 Å². The lowest BCUT2D eigenvalue weighted by molar-refractivity contribution is -0.122. The molecule has 3 N–H and O–H groups in total. The minimum atomic E-state index is -0.250. The summed E-state index contributed by atoms with van der Waals surface area (Å²) in [6.45, 7) is 4.91. The standard InChI is InChI=1S/C17H26ClN3O2.CH2O2/c1-2-3-4-15-19-13(16(18)20-15)8-21-7-12-11(9-22)14-5-6-17(12,10-21)23-14;2-1-3/h11-12,14,22H,2-10H2,1H3,(H,19,20);1H,(H,2,3)/t11-,12+,14+,17+;/m0./s1. The zero-order chi connectivity index (χ0) is 18.7. The third-order valence-electron chi connectivity index (χ3n) is 5.99. The predicted octanol–water partition coefficient (Wildman–Crippen LogP) is 2.08. The van der Waals surface area contributed by atoms with Gasteiger partial charge in [-0.05, 0) is 19.3 Å². The van der Waals surface area contributed by atoms with Crippen LogP contribution in [-0.2, 0) is 22.5 Å². The van der Waals surface area contributed by atoms with E-state index < -0.39 is 0 Å². The summed E-state index contributed by atoms with van der Waals surface area (Å²) in [4.78, 5) is 18.6. The van der Waals surface area contributed by atoms with E-state index in [4.69, 9.17) is 26.2 Å². The Labute approximate surface area is 158 Å². The lowest BCUT2D eigenvalue weighted by Gasteiger charge is -2.28. The van der Waals surface area contributed by atoms with Crippen LogP contribution in [0.5, 0.6) is 0 Å². The van der Waals surface area contributed by atoms with Gasteiger partial charge in [-0.2, -0.15) is 0 Å². The molecule has 8 heteroatoms. The van der Waals surface area contributed by atoms with Gasteiger partial charge >= 0.3 is 0 Å². The molecule has 4 atom stereocenters. The van der Waals surface area contributed by atoms with Gasteiger partial charge in [0.2, 0.25) is 0 Å². The average molecular weight is 386 g/mol. The molecule has 146 valence electrons. The number of aromatic amines is 1. The van der Waals surface area contributed by atoms with Gasteiger partial charge in [0, 0.05) is 44.5 Å². The zero-order valence-corrected chi connectivity index (χ0v) is 15.9. The van der Waals surface area contributed by atoms with Gasteiger partial charge in [0.05, 0.1) is 17.4 Å². The number of nitrogens with one attached hydrogen (secondary N) is 1. The Morgan fingerprint density at radius 2 is 2.31 bits per heavy atom. The van der Waals surface area contributed by atoms with Gasteiger partial charge in [-0.1, -0.05) is 24.9 Å². The second-order valence-electron chi connectivity index (χ2n) is 7.54. The molecule has 26 heavy (non-hydrogen) atoms. The van der Waals surface area contributed by atoms with Gasteiger partial charge in [0.1, 0.15) is 5.82 Å². The van der Waals surface area contributed by atoms with Crippen molar-refractivity contribution in [2.75, 3.05) is 19.7 Å². The molecular weight excluding hydrogens is 358 g/mol. The maximum Gasteiger partial charge on any atom is 0.290 e. The molecule has 1 spiro atoms. The Morgan fingerprint density at radius 1 is 1.54 bits per heavy atom. The van der Waals surface area contributed by atoms with Crippen LogP contribution < -0.4 is 0 Å². The number of hydrogen-bond donors (Lipinski definition) is 3. The van der Waals surface area contributed by atoms with E-state index >= 15 is 0 Å². The number of aliphatic hydroxyl groups excluding tert-OH is 1. The van der Waals surface area contributed by atoms with Crippen LogP contribution in [0, 0.1) is 11.8 Å². The number of H-pyrrole nitrogens is 1. The number of aryl methyl sites for hydroxylation is 1. The highest BCUT2D eigenvalue weighted by Crippen LogP contribution is 2.54. The van der Waals surface area contributed by atoms with Crippen molar-refractivity contribution in [1.29, 1.82) is 0 Å². The summed E-state index contributed by atoms with van der Waals surface area (Å²) in [5, 5.41) is 17.2. The normalized spacial score (nSPS) is 32.3. The molecule has 3 fully saturated rings. The molecule has 2 bridgehead atoms. The van der Waals surface area contributed by atoms with Gasteiger partial charge in [-0.15, -0.1) is 0 Å². The number of halogens is 1. The Balaban J connectivity index is 0.000000613. The first-order chi connectivity index (χ1) is 12.6. The first-order valence-electron chi connectivity index (χ1n) is 9.39. The number of rotatable bonds is 6. The third-order valence-corrected chi connectivity index (χ3v) is 6.30. The van der Waals surface area contributed by atoms with Gasteiger partial charge < -0.3 is 19.9 Å². The lowest BCUT2D eigenvalue weighted by atomic mass is 9.74. The number of carboxylic acid groups (broad SMARTS) is 1. The molecule has 3 aliphatic heterocycles. The maximum absolute atomic E-state index is 9.70. The average Bonchev–Trinajstić information content (AvgIpc) is 3.33. The second kappa shape index (κ2) is 8.25. The molecule has 7 nitrogen and oxygen atoms in total. The molecule has 3 aliphatic rings. The fourth-order valence-electron chi connectivity index (χ4n) is 4.88. The summed E-state index contributed by atoms with van der Waals surface area (Å²) in [6.07, 6.45) is 5.76. The Bertz CT molecular complexity index is 626. The molecule has 0 unspecified atom stereocenters. The van der Waals surface area contributed by atoms with Crippen molar-refractivity contribution in [3.63, 3.8) is 0 Å². The van der Waals surface area contributed by atoms with Crippen molar-refractivity contribution in [3.05, 3.63) is 16.7 Å². The van der Waals surface area contributed by atoms with Crippen LogP contribution in [0.2, 0.25) is 5.15 Å². The minimum Gasteiger partial charge on any atom is -0.483 e. The zero-order valence-electron chi connectivity index (χ0n) is 15.2. The van der Waals surface area contributed by atoms with Crippen LogP contribution in [0.15, 0.2) is 0 Å². The number of fused-ring (bicyclic) bond motifs is 1. The van der Waals surface area contributed by atoms with Crippen LogP contribution >= 0.6 is 11.6 Å². The Morgan fingerprint density at radius 3 is 3.00 bits per heavy atom. The van der Waals surface area contributed by atoms with Crippen LogP contribution in [0.1, 0.15) is 44.1 Å². The SMILES string of the molecule is CCCCc1nc(Cl)c(CN2C[C@@H]3[C@H](CO)[C@H]4CC[C@]3(C2)O4)[nH]1.O=CO. The number of aromatic nitrogens is 2. The fraction of sp³-hybridized carbons (Fsp3) is 0.778. The van der Waals surface area contributed by atoms with Crippen molar-refractivity contribution < 1.29 is 19.7 Å². The molecule has 0 aliphatic carbocycles. The van der Waals surface area contributed by atoms with Crippen LogP contribution in [0.25, 0.3) is 0 Å². The second-order valence-corrected chi connectivity index (χ2v) is 7.90. The van der Waals surface area contributed by atoms with Crippen molar-refractivity contribution in [2.45, 2.75) is 57.3 Å². The predicted molar refractivity (Wildman–Crippen MR) is 97.1 cm³/mol. The molecule has 4 rings (SSSR count). The third kappa shape index (κ3) is 3.63. The summed E-state index contributed by atoms with van der Waals surface area (Å²) < 4.78 is 6.28. The molecule has 0 aromatic carbocycles. The summed E-state index contributed by atoms with van der Waals surface area (Å²) in [5.41, 5.74) is 1.000. The van der Waals surface area contributed by atoms with E-state index in [0.29, 0.717) is 17.0 Å². The number of unbranched alkanes of at least 4 members (excludes halogenated alkanes) is 1. The van der Waals surface area contributed by atoms with E-state index in [1.165, 1.54) is 0 Å². The topological polar surface area (TPSA) is 98.7 Å². The number of ether oxygens (including phenoxy) is 1. The van der Waals surface area contributed by atoms with Crippen molar-refractivity contribution in [1.82, 2.24) is 14.9 Å². The Kier molecular flexibility index (Phi) is 6.22. The lowest BCUT2D eigenvalue weighted by Crippen LogP contribution is -2.37. The van der Waals surface area contributed by atoms with Gasteiger partial charge in [0.25, 0.3) is 6.47 Å². The number of likely N-dealkylation sites (tertiary alicyclic amines) is 1. The summed E-state index contributed by atoms with van der Waals surface area (Å²) in [6, 6.07) is 0.